The van der Waals surface area contributed by atoms with Crippen LogP contribution < -0.4 is 10.6 Å². The molecule has 0 unspecified atom stereocenters. The van der Waals surface area contributed by atoms with E-state index in [2.05, 4.69) is 10.6 Å². The fraction of sp³-hybridized carbons (Fsp3) is 0.286. The van der Waals surface area contributed by atoms with Crippen molar-refractivity contribution >= 4 is 23.2 Å². The van der Waals surface area contributed by atoms with Crippen molar-refractivity contribution in [2.45, 2.75) is 24.7 Å². The SMILES string of the molecule is O=C(NC(=S)N[C@@]1(c2ccc(F)cc2F)CO[C@@H](COCc2ccccc2)C[C@H]1CO)c1ccccc1. The van der Waals surface area contributed by atoms with Crippen LogP contribution in [0.5, 0.6) is 0 Å². The third kappa shape index (κ3) is 6.56. The van der Waals surface area contributed by atoms with Crippen LogP contribution in [-0.2, 0) is 21.6 Å². The summed E-state index contributed by atoms with van der Waals surface area (Å²) >= 11 is 5.40. The highest BCUT2D eigenvalue weighted by Crippen LogP contribution is 2.39. The molecule has 3 atom stereocenters. The van der Waals surface area contributed by atoms with Crippen LogP contribution in [0.2, 0.25) is 0 Å². The first-order valence-corrected chi connectivity index (χ1v) is 12.3. The van der Waals surface area contributed by atoms with E-state index in [0.29, 0.717) is 18.6 Å². The van der Waals surface area contributed by atoms with Crippen molar-refractivity contribution in [1.82, 2.24) is 10.6 Å². The lowest BCUT2D eigenvalue weighted by molar-refractivity contribution is -0.111. The van der Waals surface area contributed by atoms with Crippen molar-refractivity contribution in [2.24, 2.45) is 5.92 Å². The van der Waals surface area contributed by atoms with E-state index in [1.165, 1.54) is 6.07 Å². The maximum absolute atomic E-state index is 15.1. The van der Waals surface area contributed by atoms with Crippen LogP contribution in [0.4, 0.5) is 8.78 Å². The first-order chi connectivity index (χ1) is 17.9. The number of thiocarbonyl (C=S) groups is 1. The number of halogens is 2. The summed E-state index contributed by atoms with van der Waals surface area (Å²) in [6.45, 7) is 0.234. The summed E-state index contributed by atoms with van der Waals surface area (Å²) < 4.78 is 40.7. The average molecular weight is 527 g/mol. The van der Waals surface area contributed by atoms with Crippen molar-refractivity contribution in [2.75, 3.05) is 19.8 Å². The first-order valence-electron chi connectivity index (χ1n) is 11.9. The Morgan fingerprint density at radius 3 is 2.46 bits per heavy atom. The molecule has 0 saturated carbocycles. The Bertz CT molecular complexity index is 1220. The summed E-state index contributed by atoms with van der Waals surface area (Å²) in [5, 5.41) is 15.9. The fourth-order valence-corrected chi connectivity index (χ4v) is 4.81. The molecule has 1 saturated heterocycles. The van der Waals surface area contributed by atoms with Crippen molar-refractivity contribution in [3.05, 3.63) is 107 Å². The van der Waals surface area contributed by atoms with Gasteiger partial charge < -0.3 is 19.9 Å². The third-order valence-corrected chi connectivity index (χ3v) is 6.64. The van der Waals surface area contributed by atoms with Gasteiger partial charge in [0.15, 0.2) is 5.11 Å². The van der Waals surface area contributed by atoms with Gasteiger partial charge in [-0.15, -0.1) is 0 Å². The lowest BCUT2D eigenvalue weighted by Crippen LogP contribution is -2.62. The average Bonchev–Trinajstić information content (AvgIpc) is 2.90. The Hall–Kier alpha value is -3.24. The number of amides is 1. The lowest BCUT2D eigenvalue weighted by Gasteiger charge is -2.47. The lowest BCUT2D eigenvalue weighted by atomic mass is 9.74. The van der Waals surface area contributed by atoms with Crippen LogP contribution in [0.1, 0.15) is 27.9 Å². The maximum atomic E-state index is 15.1. The Balaban J connectivity index is 1.52. The highest BCUT2D eigenvalue weighted by atomic mass is 32.1. The zero-order valence-electron chi connectivity index (χ0n) is 20.0. The predicted molar refractivity (Wildman–Crippen MR) is 139 cm³/mol. The van der Waals surface area contributed by atoms with Gasteiger partial charge in [-0.1, -0.05) is 54.6 Å². The minimum absolute atomic E-state index is 0.0709. The van der Waals surface area contributed by atoms with E-state index in [-0.39, 0.29) is 36.6 Å². The second-order valence-corrected chi connectivity index (χ2v) is 9.33. The largest absolute Gasteiger partial charge is 0.396 e. The molecular weight excluding hydrogens is 498 g/mol. The van der Waals surface area contributed by atoms with Crippen molar-refractivity contribution in [3.63, 3.8) is 0 Å². The monoisotopic (exact) mass is 526 g/mol. The van der Waals surface area contributed by atoms with Gasteiger partial charge in [-0.2, -0.15) is 0 Å². The maximum Gasteiger partial charge on any atom is 0.257 e. The molecule has 0 aliphatic carbocycles. The van der Waals surface area contributed by atoms with Crippen LogP contribution in [0.25, 0.3) is 0 Å². The number of rotatable bonds is 8. The highest BCUT2D eigenvalue weighted by molar-refractivity contribution is 7.80. The van der Waals surface area contributed by atoms with Gasteiger partial charge in [0, 0.05) is 29.7 Å². The number of hydrogen-bond acceptors (Lipinski definition) is 5. The third-order valence-electron chi connectivity index (χ3n) is 6.44. The summed E-state index contributed by atoms with van der Waals surface area (Å²) in [6.07, 6.45) is -0.0589. The summed E-state index contributed by atoms with van der Waals surface area (Å²) in [5.41, 5.74) is 0.125. The molecule has 0 bridgehead atoms. The summed E-state index contributed by atoms with van der Waals surface area (Å²) in [5.74, 6) is -2.58. The number of nitrogens with one attached hydrogen (secondary N) is 2. The molecule has 3 aromatic carbocycles. The molecular formula is C28H28F2N2O4S. The Labute approximate surface area is 219 Å². The molecule has 1 amide bonds. The topological polar surface area (TPSA) is 79.8 Å². The number of aliphatic hydroxyl groups excluding tert-OH is 1. The molecule has 9 heteroatoms. The smallest absolute Gasteiger partial charge is 0.257 e. The van der Waals surface area contributed by atoms with E-state index in [1.807, 2.05) is 30.3 Å². The van der Waals surface area contributed by atoms with E-state index in [0.717, 1.165) is 17.7 Å². The molecule has 1 heterocycles. The molecule has 0 radical (unpaired) electrons. The van der Waals surface area contributed by atoms with E-state index in [4.69, 9.17) is 21.7 Å². The van der Waals surface area contributed by atoms with Gasteiger partial charge >= 0.3 is 0 Å². The first kappa shape index (κ1) is 26.8. The minimum atomic E-state index is -1.36. The van der Waals surface area contributed by atoms with Crippen molar-refractivity contribution in [3.8, 4) is 0 Å². The normalized spacial score (nSPS) is 21.3. The van der Waals surface area contributed by atoms with Crippen LogP contribution >= 0.6 is 12.2 Å². The summed E-state index contributed by atoms with van der Waals surface area (Å²) in [6, 6.07) is 21.4. The Kier molecular flexibility index (Phi) is 8.94. The summed E-state index contributed by atoms with van der Waals surface area (Å²) in [4.78, 5) is 12.6. The predicted octanol–water partition coefficient (Wildman–Crippen LogP) is 4.08. The Morgan fingerprint density at radius 2 is 1.78 bits per heavy atom. The number of ether oxygens (including phenoxy) is 2. The van der Waals surface area contributed by atoms with Gasteiger partial charge in [-0.3, -0.25) is 10.1 Å². The molecule has 0 aromatic heterocycles. The minimum Gasteiger partial charge on any atom is -0.396 e. The van der Waals surface area contributed by atoms with Crippen LogP contribution in [0, 0.1) is 17.6 Å². The standard InChI is InChI=1S/C28H28F2N2O4S/c29-22-11-12-24(25(30)14-22)28(32-27(37)31-26(34)20-9-5-2-6-10-20)18-36-23(13-21(28)15-33)17-35-16-19-7-3-1-4-8-19/h1-12,14,21,23,33H,13,15-18H2,(H2,31,32,34,37)/t21-,23+,28-/m0/s1. The van der Waals surface area contributed by atoms with Gasteiger partial charge in [0.2, 0.25) is 0 Å². The molecule has 3 aromatic rings. The number of aliphatic hydroxyl groups is 1. The zero-order chi connectivity index (χ0) is 26.3. The molecule has 0 spiro atoms. The Morgan fingerprint density at radius 1 is 1.08 bits per heavy atom. The molecule has 6 nitrogen and oxygen atoms in total. The molecule has 37 heavy (non-hydrogen) atoms. The summed E-state index contributed by atoms with van der Waals surface area (Å²) in [7, 11) is 0. The van der Waals surface area contributed by atoms with Crippen LogP contribution in [-0.4, -0.2) is 42.1 Å². The van der Waals surface area contributed by atoms with E-state index in [1.54, 1.807) is 30.3 Å². The van der Waals surface area contributed by atoms with E-state index in [9.17, 15) is 14.3 Å². The van der Waals surface area contributed by atoms with Gasteiger partial charge in [0.05, 0.1) is 31.5 Å². The van der Waals surface area contributed by atoms with Gasteiger partial charge in [-0.25, -0.2) is 8.78 Å². The molecule has 4 rings (SSSR count). The van der Waals surface area contributed by atoms with E-state index >= 15 is 4.39 Å². The molecule has 1 aliphatic rings. The van der Waals surface area contributed by atoms with Crippen LogP contribution in [0.15, 0.2) is 78.9 Å². The molecule has 3 N–H and O–H groups in total. The quantitative estimate of drug-likeness (QED) is 0.384. The number of benzene rings is 3. The van der Waals surface area contributed by atoms with Gasteiger partial charge in [-0.05, 0) is 42.4 Å². The van der Waals surface area contributed by atoms with E-state index < -0.39 is 29.0 Å². The molecule has 1 aliphatic heterocycles. The second kappa shape index (κ2) is 12.3. The van der Waals surface area contributed by atoms with Crippen molar-refractivity contribution < 1.29 is 28.2 Å². The van der Waals surface area contributed by atoms with Gasteiger partial charge in [0.25, 0.3) is 5.91 Å². The highest BCUT2D eigenvalue weighted by Gasteiger charge is 2.48. The van der Waals surface area contributed by atoms with Crippen LogP contribution in [0.3, 0.4) is 0 Å². The van der Waals surface area contributed by atoms with Gasteiger partial charge in [0.1, 0.15) is 11.6 Å². The molecule has 194 valence electrons. The second-order valence-electron chi connectivity index (χ2n) is 8.92. The number of carbonyl (C=O) groups is 1. The van der Waals surface area contributed by atoms with Crippen molar-refractivity contribution in [1.29, 1.82) is 0 Å². The zero-order valence-corrected chi connectivity index (χ0v) is 20.8. The fourth-order valence-electron chi connectivity index (χ4n) is 4.54. The number of hydrogen-bond donors (Lipinski definition) is 3. The molecule has 1 fully saturated rings. The number of carbonyl (C=O) groups excluding carboxylic acids is 1.